The number of fused-ring (bicyclic) bond motifs is 2. The molecule has 3 nitrogen and oxygen atoms in total. The molecule has 4 heteroatoms. The van der Waals surface area contributed by atoms with Crippen molar-refractivity contribution in [1.82, 2.24) is 14.6 Å². The molecule has 0 aliphatic carbocycles. The molecule has 0 unspecified atom stereocenters. The fraction of sp³-hybridized carbons (Fsp3) is 0. The van der Waals surface area contributed by atoms with Gasteiger partial charge in [0.15, 0.2) is 5.65 Å². The first kappa shape index (κ1) is 11.6. The van der Waals surface area contributed by atoms with E-state index in [2.05, 4.69) is 68.5 Å². The van der Waals surface area contributed by atoms with Crippen LogP contribution >= 0.6 is 15.9 Å². The van der Waals surface area contributed by atoms with Crippen molar-refractivity contribution >= 4 is 32.3 Å². The van der Waals surface area contributed by atoms with Gasteiger partial charge in [0.1, 0.15) is 4.60 Å². The van der Waals surface area contributed by atoms with Crippen LogP contribution in [0.25, 0.3) is 27.7 Å². The molecule has 0 aliphatic rings. The number of aromatic nitrogens is 3. The number of hydrogen-bond donors (Lipinski definition) is 0. The van der Waals surface area contributed by atoms with Gasteiger partial charge in [0.2, 0.25) is 0 Å². The van der Waals surface area contributed by atoms with Crippen LogP contribution in [0, 0.1) is 0 Å². The zero-order valence-corrected chi connectivity index (χ0v) is 12.1. The quantitative estimate of drug-likeness (QED) is 0.522. The zero-order valence-electron chi connectivity index (χ0n) is 10.5. The van der Waals surface area contributed by atoms with Crippen LogP contribution in [0.15, 0.2) is 65.4 Å². The van der Waals surface area contributed by atoms with E-state index in [0.29, 0.717) is 0 Å². The summed E-state index contributed by atoms with van der Waals surface area (Å²) in [6, 6.07) is 18.7. The minimum Gasteiger partial charge on any atom is -0.220 e. The maximum Gasteiger partial charge on any atom is 0.154 e. The van der Waals surface area contributed by atoms with Crippen LogP contribution in [0.4, 0.5) is 0 Å². The van der Waals surface area contributed by atoms with Gasteiger partial charge in [-0.2, -0.15) is 5.10 Å². The van der Waals surface area contributed by atoms with Gasteiger partial charge < -0.3 is 0 Å². The molecule has 0 spiro atoms. The lowest BCUT2D eigenvalue weighted by molar-refractivity contribution is 0.942. The lowest BCUT2D eigenvalue weighted by atomic mass is 10.1. The summed E-state index contributed by atoms with van der Waals surface area (Å²) in [5.41, 5.74) is 2.88. The molecule has 0 amide bonds. The maximum atomic E-state index is 4.60. The Bertz CT molecular complexity index is 927. The molecule has 96 valence electrons. The highest BCUT2D eigenvalue weighted by molar-refractivity contribution is 9.10. The maximum absolute atomic E-state index is 4.60. The Balaban J connectivity index is 1.90. The second-order valence-electron chi connectivity index (χ2n) is 4.65. The highest BCUT2D eigenvalue weighted by atomic mass is 79.9. The lowest BCUT2D eigenvalue weighted by Crippen LogP contribution is -1.92. The van der Waals surface area contributed by atoms with E-state index >= 15 is 0 Å². The summed E-state index contributed by atoms with van der Waals surface area (Å²) >= 11 is 3.37. The van der Waals surface area contributed by atoms with Crippen molar-refractivity contribution in [3.8, 4) is 11.3 Å². The molecular formula is C16H10BrN3. The summed E-state index contributed by atoms with van der Waals surface area (Å²) in [7, 11) is 0. The van der Waals surface area contributed by atoms with Crippen LogP contribution in [-0.4, -0.2) is 14.6 Å². The van der Waals surface area contributed by atoms with E-state index in [1.807, 2.05) is 18.3 Å². The summed E-state index contributed by atoms with van der Waals surface area (Å²) in [5.74, 6) is 0. The number of imidazole rings is 1. The minimum absolute atomic E-state index is 0.792. The molecule has 0 fully saturated rings. The fourth-order valence-corrected chi connectivity index (χ4v) is 2.73. The SMILES string of the molecule is Brc1cn2nc(-c3ccc4ccccc4c3)ccc2n1. The molecule has 2 aromatic carbocycles. The monoisotopic (exact) mass is 323 g/mol. The van der Waals surface area contributed by atoms with E-state index in [9.17, 15) is 0 Å². The van der Waals surface area contributed by atoms with E-state index in [-0.39, 0.29) is 0 Å². The van der Waals surface area contributed by atoms with Crippen molar-refractivity contribution in [2.75, 3.05) is 0 Å². The molecule has 0 bridgehead atoms. The first-order valence-electron chi connectivity index (χ1n) is 6.31. The van der Waals surface area contributed by atoms with Crippen molar-refractivity contribution in [3.63, 3.8) is 0 Å². The molecule has 20 heavy (non-hydrogen) atoms. The lowest BCUT2D eigenvalue weighted by Gasteiger charge is -2.04. The Morgan fingerprint density at radius 2 is 1.75 bits per heavy atom. The Morgan fingerprint density at radius 3 is 2.65 bits per heavy atom. The van der Waals surface area contributed by atoms with E-state index in [0.717, 1.165) is 21.5 Å². The predicted octanol–water partition coefficient (Wildman–Crippen LogP) is 4.31. The number of halogens is 1. The molecule has 0 atom stereocenters. The molecule has 0 N–H and O–H groups in total. The van der Waals surface area contributed by atoms with Gasteiger partial charge in [-0.3, -0.25) is 0 Å². The molecule has 0 saturated heterocycles. The fourth-order valence-electron chi connectivity index (χ4n) is 2.36. The standard InChI is InChI=1S/C16H10BrN3/c17-15-10-20-16(18-15)8-7-14(19-20)13-6-5-11-3-1-2-4-12(11)9-13/h1-10H. The van der Waals surface area contributed by atoms with Crippen molar-refractivity contribution < 1.29 is 0 Å². The second-order valence-corrected chi connectivity index (χ2v) is 5.46. The van der Waals surface area contributed by atoms with Gasteiger partial charge in [0, 0.05) is 5.56 Å². The van der Waals surface area contributed by atoms with Gasteiger partial charge in [-0.15, -0.1) is 0 Å². The molecule has 0 aliphatic heterocycles. The van der Waals surface area contributed by atoms with Crippen LogP contribution in [0.3, 0.4) is 0 Å². The van der Waals surface area contributed by atoms with Crippen LogP contribution in [0.2, 0.25) is 0 Å². The average Bonchev–Trinajstić information content (AvgIpc) is 2.85. The number of hydrogen-bond acceptors (Lipinski definition) is 2. The van der Waals surface area contributed by atoms with Crippen LogP contribution < -0.4 is 0 Å². The third-order valence-electron chi connectivity index (χ3n) is 3.34. The van der Waals surface area contributed by atoms with Gasteiger partial charge in [-0.05, 0) is 44.9 Å². The Hall–Kier alpha value is -2.20. The normalized spacial score (nSPS) is 11.2. The number of nitrogens with zero attached hydrogens (tertiary/aromatic N) is 3. The first-order chi connectivity index (χ1) is 9.79. The summed E-state index contributed by atoms with van der Waals surface area (Å²) in [6.45, 7) is 0. The largest absolute Gasteiger partial charge is 0.220 e. The Kier molecular flexibility index (Phi) is 2.57. The van der Waals surface area contributed by atoms with Gasteiger partial charge in [0.25, 0.3) is 0 Å². The molecule has 2 heterocycles. The van der Waals surface area contributed by atoms with E-state index in [4.69, 9.17) is 0 Å². The van der Waals surface area contributed by atoms with E-state index in [1.54, 1.807) is 4.52 Å². The zero-order chi connectivity index (χ0) is 13.5. The van der Waals surface area contributed by atoms with Crippen molar-refractivity contribution in [1.29, 1.82) is 0 Å². The van der Waals surface area contributed by atoms with Crippen LogP contribution in [0.5, 0.6) is 0 Å². The highest BCUT2D eigenvalue weighted by Crippen LogP contribution is 2.23. The molecular weight excluding hydrogens is 314 g/mol. The summed E-state index contributed by atoms with van der Waals surface area (Å²) < 4.78 is 2.58. The minimum atomic E-state index is 0.792. The third-order valence-corrected chi connectivity index (χ3v) is 3.72. The summed E-state index contributed by atoms with van der Waals surface area (Å²) in [6.07, 6.45) is 1.86. The average molecular weight is 324 g/mol. The Labute approximate surface area is 124 Å². The molecule has 0 radical (unpaired) electrons. The summed E-state index contributed by atoms with van der Waals surface area (Å²) in [5, 5.41) is 7.06. The van der Waals surface area contributed by atoms with E-state index < -0.39 is 0 Å². The van der Waals surface area contributed by atoms with Gasteiger partial charge in [0.05, 0.1) is 11.9 Å². The van der Waals surface area contributed by atoms with Crippen molar-refractivity contribution in [3.05, 3.63) is 65.4 Å². The van der Waals surface area contributed by atoms with Gasteiger partial charge >= 0.3 is 0 Å². The van der Waals surface area contributed by atoms with Crippen LogP contribution in [-0.2, 0) is 0 Å². The molecule has 4 rings (SSSR count). The first-order valence-corrected chi connectivity index (χ1v) is 7.10. The van der Waals surface area contributed by atoms with Gasteiger partial charge in [-0.25, -0.2) is 9.50 Å². The van der Waals surface area contributed by atoms with Gasteiger partial charge in [-0.1, -0.05) is 36.4 Å². The number of rotatable bonds is 1. The van der Waals surface area contributed by atoms with Crippen molar-refractivity contribution in [2.24, 2.45) is 0 Å². The third kappa shape index (κ3) is 1.89. The number of benzene rings is 2. The molecule has 0 saturated carbocycles. The smallest absolute Gasteiger partial charge is 0.154 e. The Morgan fingerprint density at radius 1 is 0.900 bits per heavy atom. The van der Waals surface area contributed by atoms with Crippen molar-refractivity contribution in [2.45, 2.75) is 0 Å². The topological polar surface area (TPSA) is 30.2 Å². The molecule has 4 aromatic rings. The molecule has 2 aromatic heterocycles. The predicted molar refractivity (Wildman–Crippen MR) is 83.6 cm³/mol. The van der Waals surface area contributed by atoms with Crippen LogP contribution in [0.1, 0.15) is 0 Å². The van der Waals surface area contributed by atoms with E-state index in [1.165, 1.54) is 10.8 Å². The highest BCUT2D eigenvalue weighted by Gasteiger charge is 2.04. The second kappa shape index (κ2) is 4.42. The summed E-state index contributed by atoms with van der Waals surface area (Å²) in [4.78, 5) is 4.31.